The van der Waals surface area contributed by atoms with E-state index in [1.54, 1.807) is 18.6 Å². The average Bonchev–Trinajstić information content (AvgIpc) is 3.17. The quantitative estimate of drug-likeness (QED) is 0.899. The number of nitrogens with two attached hydrogens (primary N) is 1. The molecule has 7 nitrogen and oxygen atoms in total. The summed E-state index contributed by atoms with van der Waals surface area (Å²) in [5.41, 5.74) is 6.31. The summed E-state index contributed by atoms with van der Waals surface area (Å²) in [5, 5.41) is 3.22. The van der Waals surface area contributed by atoms with E-state index in [1.807, 2.05) is 12.1 Å². The van der Waals surface area contributed by atoms with Gasteiger partial charge < -0.3 is 10.6 Å². The third-order valence-corrected chi connectivity index (χ3v) is 4.49. The molecule has 1 unspecified atom stereocenters. The molecule has 0 saturated carbocycles. The van der Waals surface area contributed by atoms with Gasteiger partial charge >= 0.3 is 6.03 Å². The lowest BCUT2D eigenvalue weighted by Crippen LogP contribution is -2.45. The molecule has 1 aliphatic rings. The summed E-state index contributed by atoms with van der Waals surface area (Å²) in [5.74, 6) is -0.468. The SMILES string of the molecule is NC(=O)C1CCCN1C(=O)Nc1ncc(-c2ccncc2)s1. The zero-order chi connectivity index (χ0) is 15.5. The molecule has 3 rings (SSSR count). The lowest BCUT2D eigenvalue weighted by Gasteiger charge is -2.21. The number of carbonyl (C=O) groups is 2. The van der Waals surface area contributed by atoms with Crippen LogP contribution < -0.4 is 11.1 Å². The van der Waals surface area contributed by atoms with Gasteiger partial charge in [-0.25, -0.2) is 9.78 Å². The Balaban J connectivity index is 1.70. The van der Waals surface area contributed by atoms with E-state index in [9.17, 15) is 9.59 Å². The summed E-state index contributed by atoms with van der Waals surface area (Å²) in [4.78, 5) is 34.1. The highest BCUT2D eigenvalue weighted by atomic mass is 32.1. The summed E-state index contributed by atoms with van der Waals surface area (Å²) < 4.78 is 0. The molecule has 1 saturated heterocycles. The molecule has 3 N–H and O–H groups in total. The van der Waals surface area contributed by atoms with Gasteiger partial charge in [-0.15, -0.1) is 0 Å². The molecule has 8 heteroatoms. The van der Waals surface area contributed by atoms with E-state index >= 15 is 0 Å². The maximum absolute atomic E-state index is 12.2. The van der Waals surface area contributed by atoms with Crippen LogP contribution in [0.1, 0.15) is 12.8 Å². The highest BCUT2D eigenvalue weighted by Gasteiger charge is 2.32. The van der Waals surface area contributed by atoms with Crippen molar-refractivity contribution in [3.8, 4) is 10.4 Å². The van der Waals surface area contributed by atoms with Crippen molar-refractivity contribution in [2.45, 2.75) is 18.9 Å². The van der Waals surface area contributed by atoms with Crippen LogP contribution in [-0.4, -0.2) is 39.4 Å². The number of likely N-dealkylation sites (tertiary alicyclic amines) is 1. The lowest BCUT2D eigenvalue weighted by molar-refractivity contribution is -0.121. The first kappa shape index (κ1) is 14.5. The Labute approximate surface area is 131 Å². The third-order valence-electron chi connectivity index (χ3n) is 3.53. The zero-order valence-electron chi connectivity index (χ0n) is 11.7. The number of rotatable bonds is 3. The van der Waals surface area contributed by atoms with Crippen molar-refractivity contribution in [1.82, 2.24) is 14.9 Å². The monoisotopic (exact) mass is 317 g/mol. The van der Waals surface area contributed by atoms with Crippen molar-refractivity contribution in [3.63, 3.8) is 0 Å². The number of hydrogen-bond acceptors (Lipinski definition) is 5. The Kier molecular flexibility index (Phi) is 4.01. The number of carbonyl (C=O) groups excluding carboxylic acids is 2. The molecule has 1 aliphatic heterocycles. The number of pyridine rings is 1. The van der Waals surface area contributed by atoms with Gasteiger partial charge in [0.15, 0.2) is 5.13 Å². The van der Waals surface area contributed by atoms with Crippen LogP contribution in [0.25, 0.3) is 10.4 Å². The van der Waals surface area contributed by atoms with Gasteiger partial charge in [0.1, 0.15) is 6.04 Å². The van der Waals surface area contributed by atoms with E-state index in [2.05, 4.69) is 15.3 Å². The van der Waals surface area contributed by atoms with Gasteiger partial charge in [-0.3, -0.25) is 15.1 Å². The van der Waals surface area contributed by atoms with E-state index in [-0.39, 0.29) is 6.03 Å². The van der Waals surface area contributed by atoms with Gasteiger partial charge in [-0.2, -0.15) is 0 Å². The van der Waals surface area contributed by atoms with Crippen molar-refractivity contribution >= 4 is 28.4 Å². The molecule has 0 aromatic carbocycles. The molecular formula is C14H15N5O2S. The third kappa shape index (κ3) is 2.91. The first-order valence-corrected chi connectivity index (χ1v) is 7.70. The van der Waals surface area contributed by atoms with E-state index < -0.39 is 11.9 Å². The molecule has 1 atom stereocenters. The fourth-order valence-electron chi connectivity index (χ4n) is 2.45. The number of nitrogens with one attached hydrogen (secondary N) is 1. The molecule has 22 heavy (non-hydrogen) atoms. The maximum atomic E-state index is 12.2. The van der Waals surface area contributed by atoms with Gasteiger partial charge in [0.25, 0.3) is 0 Å². The Morgan fingerprint density at radius 1 is 1.36 bits per heavy atom. The van der Waals surface area contributed by atoms with Gasteiger partial charge in [-0.1, -0.05) is 11.3 Å². The van der Waals surface area contributed by atoms with Crippen molar-refractivity contribution in [3.05, 3.63) is 30.7 Å². The number of thiazole rings is 1. The molecule has 3 amide bonds. The van der Waals surface area contributed by atoms with Crippen LogP contribution in [0.4, 0.5) is 9.93 Å². The number of aromatic nitrogens is 2. The van der Waals surface area contributed by atoms with E-state index in [0.717, 1.165) is 16.9 Å². The second-order valence-corrected chi connectivity index (χ2v) is 5.98. The second-order valence-electron chi connectivity index (χ2n) is 4.95. The van der Waals surface area contributed by atoms with Crippen LogP contribution in [0.2, 0.25) is 0 Å². The second kappa shape index (κ2) is 6.10. The predicted octanol–water partition coefficient (Wildman–Crippen LogP) is 1.69. The summed E-state index contributed by atoms with van der Waals surface area (Å²) in [6, 6.07) is 2.89. The summed E-state index contributed by atoms with van der Waals surface area (Å²) in [7, 11) is 0. The first-order chi connectivity index (χ1) is 10.6. The average molecular weight is 317 g/mol. The minimum atomic E-state index is -0.528. The number of urea groups is 1. The van der Waals surface area contributed by atoms with Crippen LogP contribution in [0.3, 0.4) is 0 Å². The van der Waals surface area contributed by atoms with Crippen LogP contribution >= 0.6 is 11.3 Å². The highest BCUT2D eigenvalue weighted by Crippen LogP contribution is 2.29. The Morgan fingerprint density at radius 2 is 2.14 bits per heavy atom. The molecule has 0 bridgehead atoms. The number of anilines is 1. The van der Waals surface area contributed by atoms with E-state index in [0.29, 0.717) is 18.1 Å². The molecule has 114 valence electrons. The Bertz CT molecular complexity index is 688. The molecule has 2 aromatic rings. The van der Waals surface area contributed by atoms with E-state index in [1.165, 1.54) is 16.2 Å². The van der Waals surface area contributed by atoms with Crippen molar-refractivity contribution in [1.29, 1.82) is 0 Å². The summed E-state index contributed by atoms with van der Waals surface area (Å²) >= 11 is 1.37. The van der Waals surface area contributed by atoms with Crippen molar-refractivity contribution in [2.75, 3.05) is 11.9 Å². The van der Waals surface area contributed by atoms with Crippen LogP contribution in [0.15, 0.2) is 30.7 Å². The van der Waals surface area contributed by atoms with Crippen LogP contribution in [0, 0.1) is 0 Å². The normalized spacial score (nSPS) is 17.5. The summed E-state index contributed by atoms with van der Waals surface area (Å²) in [6.45, 7) is 0.530. The minimum Gasteiger partial charge on any atom is -0.368 e. The number of primary amides is 1. The molecule has 2 aromatic heterocycles. The number of nitrogens with zero attached hydrogens (tertiary/aromatic N) is 3. The van der Waals surface area contributed by atoms with Crippen LogP contribution in [-0.2, 0) is 4.79 Å². The fourth-order valence-corrected chi connectivity index (χ4v) is 3.26. The maximum Gasteiger partial charge on any atom is 0.324 e. The van der Waals surface area contributed by atoms with Crippen LogP contribution in [0.5, 0.6) is 0 Å². The first-order valence-electron chi connectivity index (χ1n) is 6.88. The van der Waals surface area contributed by atoms with Gasteiger partial charge in [0, 0.05) is 25.1 Å². The molecule has 0 spiro atoms. The smallest absolute Gasteiger partial charge is 0.324 e. The number of hydrogen-bond donors (Lipinski definition) is 2. The standard InChI is InChI=1S/C14H15N5O2S/c15-12(20)10-2-1-7-19(10)14(21)18-13-17-8-11(22-13)9-3-5-16-6-4-9/h3-6,8,10H,1-2,7H2,(H2,15,20)(H,17,18,21). The molecular weight excluding hydrogens is 302 g/mol. The molecule has 1 fully saturated rings. The van der Waals surface area contributed by atoms with Gasteiger partial charge in [-0.05, 0) is 30.5 Å². The Morgan fingerprint density at radius 3 is 2.86 bits per heavy atom. The largest absolute Gasteiger partial charge is 0.368 e. The minimum absolute atomic E-state index is 0.336. The number of amides is 3. The van der Waals surface area contributed by atoms with Crippen molar-refractivity contribution < 1.29 is 9.59 Å². The molecule has 0 radical (unpaired) electrons. The lowest BCUT2D eigenvalue weighted by atomic mass is 10.2. The molecule has 0 aliphatic carbocycles. The van der Waals surface area contributed by atoms with Crippen molar-refractivity contribution in [2.24, 2.45) is 5.73 Å². The fraction of sp³-hybridized carbons (Fsp3) is 0.286. The van der Waals surface area contributed by atoms with Gasteiger partial charge in [0.05, 0.1) is 4.88 Å². The zero-order valence-corrected chi connectivity index (χ0v) is 12.5. The predicted molar refractivity (Wildman–Crippen MR) is 83.3 cm³/mol. The summed E-state index contributed by atoms with van der Waals surface area (Å²) in [6.07, 6.45) is 6.50. The van der Waals surface area contributed by atoms with Gasteiger partial charge in [0.2, 0.25) is 5.91 Å². The molecule has 3 heterocycles. The Hall–Kier alpha value is -2.48. The topological polar surface area (TPSA) is 101 Å². The highest BCUT2D eigenvalue weighted by molar-refractivity contribution is 7.19. The van der Waals surface area contributed by atoms with E-state index in [4.69, 9.17) is 5.73 Å².